The lowest BCUT2D eigenvalue weighted by Crippen LogP contribution is -1.96. The van der Waals surface area contributed by atoms with Crippen LogP contribution in [0.1, 0.15) is 17.0 Å². The number of aryl methyl sites for hydroxylation is 1. The fourth-order valence-electron chi connectivity index (χ4n) is 2.23. The predicted octanol–water partition coefficient (Wildman–Crippen LogP) is 4.96. The SMILES string of the molecule is COc1ccc(-c2cc(C=C(SC)SC)nc(C)c2C#N)cc1. The van der Waals surface area contributed by atoms with Gasteiger partial charge in [-0.15, -0.1) is 23.5 Å². The molecule has 0 bridgehead atoms. The Morgan fingerprint density at radius 2 is 1.87 bits per heavy atom. The van der Waals surface area contributed by atoms with Crippen molar-refractivity contribution < 1.29 is 4.74 Å². The van der Waals surface area contributed by atoms with E-state index in [1.807, 2.05) is 49.8 Å². The highest BCUT2D eigenvalue weighted by Gasteiger charge is 2.11. The van der Waals surface area contributed by atoms with Crippen molar-refractivity contribution in [3.63, 3.8) is 0 Å². The molecule has 0 saturated heterocycles. The molecule has 1 aromatic carbocycles. The van der Waals surface area contributed by atoms with Gasteiger partial charge in [0.15, 0.2) is 0 Å². The molecule has 0 aliphatic carbocycles. The minimum atomic E-state index is 0.613. The Morgan fingerprint density at radius 3 is 2.39 bits per heavy atom. The summed E-state index contributed by atoms with van der Waals surface area (Å²) in [5, 5.41) is 9.49. The number of benzene rings is 1. The second-order valence-electron chi connectivity index (χ2n) is 4.77. The molecule has 0 atom stereocenters. The van der Waals surface area contributed by atoms with Gasteiger partial charge >= 0.3 is 0 Å². The molecular weight excluding hydrogens is 324 g/mol. The number of rotatable bonds is 5. The third kappa shape index (κ3) is 4.10. The number of hydrogen-bond acceptors (Lipinski definition) is 5. The van der Waals surface area contributed by atoms with Crippen LogP contribution in [0.5, 0.6) is 5.75 Å². The lowest BCUT2D eigenvalue weighted by Gasteiger charge is -2.10. The van der Waals surface area contributed by atoms with Gasteiger partial charge in [-0.3, -0.25) is 4.98 Å². The number of aromatic nitrogens is 1. The van der Waals surface area contributed by atoms with E-state index in [0.717, 1.165) is 28.3 Å². The zero-order valence-corrected chi connectivity index (χ0v) is 15.2. The zero-order valence-electron chi connectivity index (χ0n) is 13.6. The van der Waals surface area contributed by atoms with Crippen molar-refractivity contribution in [3.8, 4) is 22.9 Å². The van der Waals surface area contributed by atoms with E-state index in [2.05, 4.69) is 17.1 Å². The normalized spacial score (nSPS) is 10.0. The van der Waals surface area contributed by atoms with Crippen LogP contribution >= 0.6 is 23.5 Å². The molecule has 3 nitrogen and oxygen atoms in total. The number of hydrogen-bond donors (Lipinski definition) is 0. The van der Waals surface area contributed by atoms with Crippen molar-refractivity contribution in [2.75, 3.05) is 19.6 Å². The molecule has 0 spiro atoms. The summed E-state index contributed by atoms with van der Waals surface area (Å²) in [6, 6.07) is 12.0. The number of pyridine rings is 1. The molecular formula is C18H18N2OS2. The molecule has 1 heterocycles. The molecule has 0 saturated carbocycles. The molecule has 0 radical (unpaired) electrons. The van der Waals surface area contributed by atoms with E-state index in [-0.39, 0.29) is 0 Å². The Labute approximate surface area is 145 Å². The summed E-state index contributed by atoms with van der Waals surface area (Å²) in [6.45, 7) is 1.88. The van der Waals surface area contributed by atoms with Crippen LogP contribution in [0, 0.1) is 18.3 Å². The van der Waals surface area contributed by atoms with E-state index < -0.39 is 0 Å². The van der Waals surface area contributed by atoms with Crippen LogP contribution in [0.3, 0.4) is 0 Å². The van der Waals surface area contributed by atoms with E-state index in [1.165, 1.54) is 4.24 Å². The molecule has 0 aliphatic heterocycles. The van der Waals surface area contributed by atoms with Crippen LogP contribution < -0.4 is 4.74 Å². The maximum absolute atomic E-state index is 9.49. The Hall–Kier alpha value is -1.90. The van der Waals surface area contributed by atoms with Crippen molar-refractivity contribution in [2.24, 2.45) is 0 Å². The second kappa shape index (κ2) is 8.09. The number of nitrogens with zero attached hydrogens (tertiary/aromatic N) is 2. The zero-order chi connectivity index (χ0) is 16.8. The molecule has 1 aromatic heterocycles. The topological polar surface area (TPSA) is 45.9 Å². The monoisotopic (exact) mass is 342 g/mol. The van der Waals surface area contributed by atoms with E-state index in [0.29, 0.717) is 5.56 Å². The van der Waals surface area contributed by atoms with Gasteiger partial charge in [0.25, 0.3) is 0 Å². The van der Waals surface area contributed by atoms with Crippen LogP contribution in [-0.2, 0) is 0 Å². The Bertz CT molecular complexity index is 756. The molecule has 5 heteroatoms. The molecule has 2 aromatic rings. The van der Waals surface area contributed by atoms with E-state index in [9.17, 15) is 5.26 Å². The fraction of sp³-hybridized carbons (Fsp3) is 0.222. The van der Waals surface area contributed by atoms with Gasteiger partial charge < -0.3 is 4.74 Å². The van der Waals surface area contributed by atoms with Crippen molar-refractivity contribution >= 4 is 29.6 Å². The quantitative estimate of drug-likeness (QED) is 0.768. The maximum Gasteiger partial charge on any atom is 0.118 e. The Balaban J connectivity index is 2.58. The van der Waals surface area contributed by atoms with Gasteiger partial charge in [-0.05, 0) is 49.3 Å². The van der Waals surface area contributed by atoms with Crippen LogP contribution in [0.4, 0.5) is 0 Å². The summed E-state index contributed by atoms with van der Waals surface area (Å²) in [4.78, 5) is 4.55. The van der Waals surface area contributed by atoms with Gasteiger partial charge in [-0.1, -0.05) is 12.1 Å². The first-order valence-corrected chi connectivity index (χ1v) is 9.43. The summed E-state index contributed by atoms with van der Waals surface area (Å²) in [6.07, 6.45) is 6.14. The van der Waals surface area contributed by atoms with Gasteiger partial charge in [-0.2, -0.15) is 5.26 Å². The number of methoxy groups -OCH3 is 1. The standard InChI is InChI=1S/C18H18N2OS2/c1-12-17(11-19)16(13-5-7-15(21-2)8-6-13)9-14(20-12)10-18(22-3)23-4/h5-10H,1-4H3. The predicted molar refractivity (Wildman–Crippen MR) is 101 cm³/mol. The highest BCUT2D eigenvalue weighted by atomic mass is 32.2. The van der Waals surface area contributed by atoms with Gasteiger partial charge in [-0.25, -0.2) is 0 Å². The smallest absolute Gasteiger partial charge is 0.118 e. The molecule has 0 unspecified atom stereocenters. The summed E-state index contributed by atoms with van der Waals surface area (Å²) >= 11 is 3.38. The second-order valence-corrected chi connectivity index (χ2v) is 6.72. The maximum atomic E-state index is 9.49. The minimum absolute atomic E-state index is 0.613. The third-order valence-electron chi connectivity index (χ3n) is 3.40. The van der Waals surface area contributed by atoms with Gasteiger partial charge in [0, 0.05) is 9.80 Å². The molecule has 23 heavy (non-hydrogen) atoms. The fourth-order valence-corrected chi connectivity index (χ4v) is 3.38. The summed E-state index contributed by atoms with van der Waals surface area (Å²) in [5.74, 6) is 0.796. The first-order valence-electron chi connectivity index (χ1n) is 6.98. The van der Waals surface area contributed by atoms with Crippen molar-refractivity contribution in [1.82, 2.24) is 4.98 Å². The van der Waals surface area contributed by atoms with E-state index >= 15 is 0 Å². The molecule has 118 valence electrons. The number of ether oxygens (including phenoxy) is 1. The van der Waals surface area contributed by atoms with Crippen LogP contribution in [-0.4, -0.2) is 24.6 Å². The summed E-state index contributed by atoms with van der Waals surface area (Å²) in [7, 11) is 1.64. The van der Waals surface area contributed by atoms with E-state index in [1.54, 1.807) is 30.6 Å². The van der Waals surface area contributed by atoms with Gasteiger partial charge in [0.2, 0.25) is 0 Å². The lowest BCUT2D eigenvalue weighted by atomic mass is 9.99. The number of thioether (sulfide) groups is 2. The molecule has 2 rings (SSSR count). The molecule has 0 amide bonds. The van der Waals surface area contributed by atoms with Crippen molar-refractivity contribution in [2.45, 2.75) is 6.92 Å². The molecule has 0 fully saturated rings. The number of nitriles is 1. The highest BCUT2D eigenvalue weighted by molar-refractivity contribution is 8.21. The van der Waals surface area contributed by atoms with Crippen LogP contribution in [0.15, 0.2) is 34.6 Å². The lowest BCUT2D eigenvalue weighted by molar-refractivity contribution is 0.415. The van der Waals surface area contributed by atoms with Crippen molar-refractivity contribution in [1.29, 1.82) is 5.26 Å². The highest BCUT2D eigenvalue weighted by Crippen LogP contribution is 2.30. The Kier molecular flexibility index (Phi) is 6.14. The first-order chi connectivity index (χ1) is 11.1. The average Bonchev–Trinajstić information content (AvgIpc) is 2.59. The van der Waals surface area contributed by atoms with Crippen LogP contribution in [0.2, 0.25) is 0 Å². The Morgan fingerprint density at radius 1 is 1.22 bits per heavy atom. The summed E-state index contributed by atoms with van der Waals surface area (Å²) in [5.41, 5.74) is 4.11. The van der Waals surface area contributed by atoms with Crippen molar-refractivity contribution in [3.05, 3.63) is 51.5 Å². The van der Waals surface area contributed by atoms with Gasteiger partial charge in [0.1, 0.15) is 11.8 Å². The van der Waals surface area contributed by atoms with E-state index in [4.69, 9.17) is 4.74 Å². The van der Waals surface area contributed by atoms with Gasteiger partial charge in [0.05, 0.1) is 24.1 Å². The minimum Gasteiger partial charge on any atom is -0.497 e. The molecule has 0 aliphatic rings. The average molecular weight is 342 g/mol. The summed E-state index contributed by atoms with van der Waals surface area (Å²) < 4.78 is 6.38. The largest absolute Gasteiger partial charge is 0.497 e. The van der Waals surface area contributed by atoms with Crippen LogP contribution in [0.25, 0.3) is 17.2 Å². The molecule has 0 N–H and O–H groups in total. The first kappa shape index (κ1) is 17.5. The third-order valence-corrected chi connectivity index (χ3v) is 5.44.